The summed E-state index contributed by atoms with van der Waals surface area (Å²) in [6, 6.07) is 11.6. The third-order valence-electron chi connectivity index (χ3n) is 14.9. The molecule has 5 aromatic rings. The molecule has 16 nitrogen and oxygen atoms in total. The topological polar surface area (TPSA) is 174 Å². The molecule has 1 aromatic carbocycles. The number of alkyl halides is 3. The predicted octanol–water partition coefficient (Wildman–Crippen LogP) is 7.21. The van der Waals surface area contributed by atoms with Crippen LogP contribution in [0.2, 0.25) is 0 Å². The minimum atomic E-state index is -5.00. The molecular weight excluding hydrogens is 938 g/mol. The molecule has 2 N–H and O–H groups in total. The van der Waals surface area contributed by atoms with Gasteiger partial charge in [0.25, 0.3) is 17.7 Å². The van der Waals surface area contributed by atoms with E-state index in [1.807, 2.05) is 19.1 Å². The standard InChI is InChI=1S/C51H51F3N10O6S/c1-28-27-61(31-14-18-60(19-15-31)32-7-9-37-38(24-32)49(68)64(48(37)67)40-10-12-43(65)59-46(40)66)21-22-62(28)33-8-11-42(56-26-33)58-39-23-30(25-57-47(39)70-51(52,53)54)34-13-17-55-45(29(34)2)63-20-16-36-35-5-3-4-6-41(35)71-44(36)50(63)69/h7-9,11,13,17,23-26,28,31,40H,3-6,10,12,14-16,18-22,27H2,1-2H3,(H,56,58)(H,59,65,66)/t28-,40?/m0/s1. The Labute approximate surface area is 411 Å². The number of imide groups is 2. The molecule has 0 spiro atoms. The molecule has 1 unspecified atom stereocenters. The molecule has 5 aliphatic heterocycles. The molecule has 6 aliphatic rings. The fourth-order valence-electron chi connectivity index (χ4n) is 11.3. The van der Waals surface area contributed by atoms with Crippen molar-refractivity contribution in [2.24, 2.45) is 0 Å². The average Bonchev–Trinajstić information content (AvgIpc) is 3.86. The van der Waals surface area contributed by atoms with Gasteiger partial charge in [-0.1, -0.05) is 0 Å². The second-order valence-corrected chi connectivity index (χ2v) is 20.2. The summed E-state index contributed by atoms with van der Waals surface area (Å²) in [5.74, 6) is -2.04. The highest BCUT2D eigenvalue weighted by Gasteiger charge is 2.45. The Morgan fingerprint density at radius 3 is 2.32 bits per heavy atom. The molecule has 3 fully saturated rings. The predicted molar refractivity (Wildman–Crippen MR) is 259 cm³/mol. The van der Waals surface area contributed by atoms with Crippen molar-refractivity contribution in [2.75, 3.05) is 59.3 Å². The first-order chi connectivity index (χ1) is 34.2. The van der Waals surface area contributed by atoms with Crippen molar-refractivity contribution in [2.45, 2.75) is 96.1 Å². The van der Waals surface area contributed by atoms with E-state index < -0.39 is 41.9 Å². The van der Waals surface area contributed by atoms with Crippen molar-refractivity contribution in [3.63, 3.8) is 0 Å². The molecule has 71 heavy (non-hydrogen) atoms. The summed E-state index contributed by atoms with van der Waals surface area (Å²) in [6.07, 6.45) is 6.62. The van der Waals surface area contributed by atoms with Gasteiger partial charge in [0.15, 0.2) is 0 Å². The van der Waals surface area contributed by atoms with Gasteiger partial charge in [-0.3, -0.25) is 44.0 Å². The zero-order chi connectivity index (χ0) is 49.3. The van der Waals surface area contributed by atoms with Crippen molar-refractivity contribution in [3.8, 4) is 17.0 Å². The lowest BCUT2D eigenvalue weighted by Crippen LogP contribution is -2.57. The summed E-state index contributed by atoms with van der Waals surface area (Å²) in [6.45, 7) is 8.37. The number of aromatic nitrogens is 3. The summed E-state index contributed by atoms with van der Waals surface area (Å²) in [5, 5.41) is 5.25. The van der Waals surface area contributed by atoms with Crippen molar-refractivity contribution in [1.29, 1.82) is 0 Å². The molecular formula is C51H51F3N10O6S. The zero-order valence-electron chi connectivity index (χ0n) is 39.2. The van der Waals surface area contributed by atoms with Crippen molar-refractivity contribution >= 4 is 69.6 Å². The summed E-state index contributed by atoms with van der Waals surface area (Å²) >= 11 is 1.60. The normalized spacial score (nSPS) is 21.1. The highest BCUT2D eigenvalue weighted by atomic mass is 32.1. The summed E-state index contributed by atoms with van der Waals surface area (Å²) in [4.78, 5) is 90.0. The number of thiophene rings is 1. The molecule has 0 saturated carbocycles. The largest absolute Gasteiger partial charge is 0.574 e. The minimum absolute atomic E-state index is 0.0371. The second-order valence-electron chi connectivity index (χ2n) is 19.1. The number of anilines is 5. The number of hydrogen-bond acceptors (Lipinski definition) is 14. The summed E-state index contributed by atoms with van der Waals surface area (Å²) in [5.41, 5.74) is 6.58. The van der Waals surface area contributed by atoms with Gasteiger partial charge in [0.1, 0.15) is 23.4 Å². The van der Waals surface area contributed by atoms with E-state index in [1.54, 1.807) is 59.0 Å². The molecule has 0 radical (unpaired) electrons. The minimum Gasteiger partial charge on any atom is -0.386 e. The number of nitrogens with one attached hydrogen (secondary N) is 2. The number of carbonyl (C=O) groups is 5. The number of benzene rings is 1. The number of nitrogens with zero attached hydrogens (tertiary/aromatic N) is 8. The van der Waals surface area contributed by atoms with Gasteiger partial charge in [-0.05, 0) is 130 Å². The van der Waals surface area contributed by atoms with Crippen LogP contribution in [0.1, 0.15) is 97.4 Å². The van der Waals surface area contributed by atoms with E-state index in [0.717, 1.165) is 98.8 Å². The van der Waals surface area contributed by atoms with Gasteiger partial charge in [0.05, 0.1) is 27.9 Å². The lowest BCUT2D eigenvalue weighted by molar-refractivity contribution is -0.275. The van der Waals surface area contributed by atoms with E-state index in [1.165, 1.54) is 22.2 Å². The van der Waals surface area contributed by atoms with Crippen LogP contribution in [0, 0.1) is 6.92 Å². The first kappa shape index (κ1) is 46.5. The Morgan fingerprint density at radius 2 is 1.56 bits per heavy atom. The number of ether oxygens (including phenoxy) is 1. The highest BCUT2D eigenvalue weighted by molar-refractivity contribution is 7.14. The number of aryl methyl sites for hydroxylation is 1. The molecule has 3 saturated heterocycles. The van der Waals surface area contributed by atoms with Crippen LogP contribution in [0.3, 0.4) is 0 Å². The van der Waals surface area contributed by atoms with Gasteiger partial charge in [0, 0.05) is 86.3 Å². The maximum atomic E-state index is 13.9. The second kappa shape index (κ2) is 18.4. The van der Waals surface area contributed by atoms with Crippen LogP contribution in [0.4, 0.5) is 41.9 Å². The Morgan fingerprint density at radius 1 is 0.775 bits per heavy atom. The van der Waals surface area contributed by atoms with Crippen molar-refractivity contribution in [3.05, 3.63) is 98.6 Å². The van der Waals surface area contributed by atoms with Crippen LogP contribution in [0.5, 0.6) is 5.88 Å². The monoisotopic (exact) mass is 988 g/mol. The van der Waals surface area contributed by atoms with Crippen LogP contribution >= 0.6 is 11.3 Å². The van der Waals surface area contributed by atoms with Crippen LogP contribution in [-0.2, 0) is 28.9 Å². The molecule has 5 amide bonds. The lowest BCUT2D eigenvalue weighted by Gasteiger charge is -2.46. The van der Waals surface area contributed by atoms with E-state index in [9.17, 15) is 37.1 Å². The first-order valence-corrected chi connectivity index (χ1v) is 25.0. The number of halogens is 3. The number of carbonyl (C=O) groups excluding carboxylic acids is 5. The SMILES string of the molecule is Cc1c(-c2cnc(OC(F)(F)F)c(Nc3ccc(N4CCN(C5CCN(c6ccc7c(c6)C(=O)N(C6CCC(=O)NC6=O)C7=O)CC5)C[C@@H]4C)cn3)c2)ccnc1N1CCc2c(sc3c2CCCC3)C1=O. The molecule has 2 atom stereocenters. The first-order valence-electron chi connectivity index (χ1n) is 24.2. The zero-order valence-corrected chi connectivity index (χ0v) is 40.0. The van der Waals surface area contributed by atoms with Gasteiger partial charge in [0.2, 0.25) is 17.7 Å². The number of piperazine rings is 1. The number of rotatable bonds is 9. The van der Waals surface area contributed by atoms with Crippen LogP contribution in [0.15, 0.2) is 61.1 Å². The number of fused-ring (bicyclic) bond motifs is 4. The van der Waals surface area contributed by atoms with Crippen molar-refractivity contribution < 1.29 is 41.9 Å². The van der Waals surface area contributed by atoms with Gasteiger partial charge in [-0.15, -0.1) is 24.5 Å². The van der Waals surface area contributed by atoms with Gasteiger partial charge < -0.3 is 19.9 Å². The summed E-state index contributed by atoms with van der Waals surface area (Å²) < 4.78 is 45.5. The smallest absolute Gasteiger partial charge is 0.386 e. The number of pyridine rings is 3. The van der Waals surface area contributed by atoms with E-state index in [4.69, 9.17) is 0 Å². The Kier molecular flexibility index (Phi) is 12.0. The van der Waals surface area contributed by atoms with Gasteiger partial charge in [-0.2, -0.15) is 0 Å². The van der Waals surface area contributed by atoms with Crippen molar-refractivity contribution in [1.82, 2.24) is 30.1 Å². The molecule has 0 bridgehead atoms. The van der Waals surface area contributed by atoms with Crippen LogP contribution in [-0.4, -0.2) is 118 Å². The lowest BCUT2D eigenvalue weighted by atomic mass is 9.92. The van der Waals surface area contributed by atoms with E-state index in [0.29, 0.717) is 40.9 Å². The fraction of sp³-hybridized carbons (Fsp3) is 0.412. The molecule has 11 rings (SSSR count). The third-order valence-corrected chi connectivity index (χ3v) is 16.2. The van der Waals surface area contributed by atoms with Gasteiger partial charge in [-0.25, -0.2) is 15.0 Å². The average molecular weight is 989 g/mol. The molecule has 1 aliphatic carbocycles. The maximum absolute atomic E-state index is 13.9. The summed E-state index contributed by atoms with van der Waals surface area (Å²) in [7, 11) is 0. The number of piperidine rings is 2. The Hall–Kier alpha value is -6.93. The number of hydrogen-bond donors (Lipinski definition) is 2. The quantitative estimate of drug-likeness (QED) is 0.142. The van der Waals surface area contributed by atoms with Crippen LogP contribution < -0.4 is 30.1 Å². The number of amides is 5. The Balaban J connectivity index is 0.730. The molecule has 4 aromatic heterocycles. The molecule has 9 heterocycles. The fourth-order valence-corrected chi connectivity index (χ4v) is 12.7. The van der Waals surface area contributed by atoms with E-state index in [2.05, 4.69) is 51.9 Å². The van der Waals surface area contributed by atoms with E-state index in [-0.39, 0.29) is 41.6 Å². The van der Waals surface area contributed by atoms with Gasteiger partial charge >= 0.3 is 6.36 Å². The Bertz CT molecular complexity index is 2990. The third kappa shape index (κ3) is 8.74. The van der Waals surface area contributed by atoms with E-state index >= 15 is 0 Å². The molecule has 20 heteroatoms. The maximum Gasteiger partial charge on any atom is 0.574 e. The molecule has 368 valence electrons. The highest BCUT2D eigenvalue weighted by Crippen LogP contribution is 2.41. The van der Waals surface area contributed by atoms with Crippen LogP contribution in [0.25, 0.3) is 11.1 Å².